The van der Waals surface area contributed by atoms with Crippen LogP contribution in [-0.4, -0.2) is 38.7 Å². The number of ether oxygens (including phenoxy) is 2. The zero-order valence-electron chi connectivity index (χ0n) is 16.5. The molecular weight excluding hydrogens is 418 g/mol. The molecule has 0 aliphatic heterocycles. The highest BCUT2D eigenvalue weighted by Gasteiger charge is 2.11. The minimum atomic E-state index is -2.93. The molecule has 0 spiro atoms. The van der Waals surface area contributed by atoms with E-state index in [-0.39, 0.29) is 18.2 Å². The predicted octanol–water partition coefficient (Wildman–Crippen LogP) is 3.64. The second-order valence-electron chi connectivity index (χ2n) is 6.04. The molecule has 2 rings (SSSR count). The number of hydrogen-bond donors (Lipinski definition) is 3. The SMILES string of the molecule is CN=C(NCCOc1cccc(NC(C)=O)c1)NCc1cc(Cl)ccc1OC(F)F. The van der Waals surface area contributed by atoms with Crippen molar-refractivity contribution in [3.8, 4) is 11.5 Å². The fraction of sp³-hybridized carbons (Fsp3) is 0.300. The zero-order valence-corrected chi connectivity index (χ0v) is 17.3. The zero-order chi connectivity index (χ0) is 21.9. The smallest absolute Gasteiger partial charge is 0.387 e. The van der Waals surface area contributed by atoms with Gasteiger partial charge in [-0.05, 0) is 30.3 Å². The maximum absolute atomic E-state index is 12.6. The number of halogens is 3. The fourth-order valence-electron chi connectivity index (χ4n) is 2.50. The van der Waals surface area contributed by atoms with Crippen LogP contribution in [-0.2, 0) is 11.3 Å². The predicted molar refractivity (Wildman–Crippen MR) is 113 cm³/mol. The Morgan fingerprint density at radius 2 is 2.00 bits per heavy atom. The quantitative estimate of drug-likeness (QED) is 0.315. The average Bonchev–Trinajstić information content (AvgIpc) is 2.68. The standard InChI is InChI=1S/C20H23ClF2N4O3/c1-13(28)27-16-4-3-5-17(11-16)29-9-8-25-20(24-2)26-12-14-10-15(21)6-7-18(14)30-19(22)23/h3-7,10-11,19H,8-9,12H2,1-2H3,(H,27,28)(H2,24,25,26). The van der Waals surface area contributed by atoms with Crippen molar-refractivity contribution >= 4 is 29.2 Å². The minimum Gasteiger partial charge on any atom is -0.492 e. The lowest BCUT2D eigenvalue weighted by Gasteiger charge is -2.15. The maximum atomic E-state index is 12.6. The molecule has 0 aliphatic carbocycles. The third kappa shape index (κ3) is 8.12. The lowest BCUT2D eigenvalue weighted by molar-refractivity contribution is -0.114. The summed E-state index contributed by atoms with van der Waals surface area (Å²) in [5.74, 6) is 0.942. The highest BCUT2D eigenvalue weighted by atomic mass is 35.5. The second-order valence-corrected chi connectivity index (χ2v) is 6.48. The van der Waals surface area contributed by atoms with Crippen molar-refractivity contribution in [3.63, 3.8) is 0 Å². The monoisotopic (exact) mass is 440 g/mol. The topological polar surface area (TPSA) is 84.0 Å². The summed E-state index contributed by atoms with van der Waals surface area (Å²) in [7, 11) is 1.58. The van der Waals surface area contributed by atoms with Gasteiger partial charge >= 0.3 is 6.61 Å². The molecule has 0 radical (unpaired) electrons. The molecule has 2 aromatic rings. The fourth-order valence-corrected chi connectivity index (χ4v) is 2.70. The number of rotatable bonds is 9. The lowest BCUT2D eigenvalue weighted by atomic mass is 10.2. The molecular formula is C20H23ClF2N4O3. The number of carbonyl (C=O) groups is 1. The third-order valence-electron chi connectivity index (χ3n) is 3.73. The van der Waals surface area contributed by atoms with Gasteiger partial charge < -0.3 is 25.4 Å². The summed E-state index contributed by atoms with van der Waals surface area (Å²) in [6.07, 6.45) is 0. The Kier molecular flexibility index (Phi) is 9.14. The summed E-state index contributed by atoms with van der Waals surface area (Å²) in [6.45, 7) is -0.547. The first-order valence-corrected chi connectivity index (χ1v) is 9.43. The van der Waals surface area contributed by atoms with Gasteiger partial charge in [0.15, 0.2) is 5.96 Å². The number of aliphatic imine (C=N–C) groups is 1. The van der Waals surface area contributed by atoms with E-state index in [4.69, 9.17) is 16.3 Å². The number of carbonyl (C=O) groups excluding carboxylic acids is 1. The average molecular weight is 441 g/mol. The van der Waals surface area contributed by atoms with Crippen molar-refractivity contribution in [3.05, 3.63) is 53.1 Å². The molecule has 0 unspecified atom stereocenters. The number of hydrogen-bond acceptors (Lipinski definition) is 4. The Hall–Kier alpha value is -3.07. The van der Waals surface area contributed by atoms with E-state index in [1.165, 1.54) is 19.1 Å². The Morgan fingerprint density at radius 1 is 1.20 bits per heavy atom. The van der Waals surface area contributed by atoms with Crippen LogP contribution in [0.25, 0.3) is 0 Å². The van der Waals surface area contributed by atoms with Crippen molar-refractivity contribution < 1.29 is 23.0 Å². The Labute approximate surface area is 178 Å². The van der Waals surface area contributed by atoms with E-state index in [2.05, 4.69) is 25.7 Å². The van der Waals surface area contributed by atoms with Crippen molar-refractivity contribution in [2.75, 3.05) is 25.5 Å². The van der Waals surface area contributed by atoms with E-state index in [1.54, 1.807) is 37.4 Å². The maximum Gasteiger partial charge on any atom is 0.387 e. The van der Waals surface area contributed by atoms with Crippen LogP contribution in [0.1, 0.15) is 12.5 Å². The van der Waals surface area contributed by atoms with Crippen LogP contribution in [0.2, 0.25) is 5.02 Å². The van der Waals surface area contributed by atoms with Gasteiger partial charge in [-0.3, -0.25) is 9.79 Å². The largest absolute Gasteiger partial charge is 0.492 e. The minimum absolute atomic E-state index is 0.0414. The normalized spacial score (nSPS) is 11.2. The summed E-state index contributed by atoms with van der Waals surface area (Å²) in [6, 6.07) is 11.5. The van der Waals surface area contributed by atoms with E-state index in [0.717, 1.165) is 0 Å². The lowest BCUT2D eigenvalue weighted by Crippen LogP contribution is -2.39. The van der Waals surface area contributed by atoms with Gasteiger partial charge in [0.05, 0.1) is 6.54 Å². The number of nitrogens with one attached hydrogen (secondary N) is 3. The Bertz CT molecular complexity index is 881. The molecule has 0 bridgehead atoms. The molecule has 0 heterocycles. The summed E-state index contributed by atoms with van der Waals surface area (Å²) < 4.78 is 35.3. The summed E-state index contributed by atoms with van der Waals surface area (Å²) in [5, 5.41) is 9.16. The van der Waals surface area contributed by atoms with Gasteiger partial charge in [0.1, 0.15) is 18.1 Å². The van der Waals surface area contributed by atoms with Crippen LogP contribution in [0.15, 0.2) is 47.5 Å². The van der Waals surface area contributed by atoms with Gasteiger partial charge in [-0.25, -0.2) is 0 Å². The van der Waals surface area contributed by atoms with Gasteiger partial charge in [-0.2, -0.15) is 8.78 Å². The molecule has 1 amide bonds. The van der Waals surface area contributed by atoms with Crippen LogP contribution < -0.4 is 25.4 Å². The van der Waals surface area contributed by atoms with Crippen LogP contribution in [0.3, 0.4) is 0 Å². The van der Waals surface area contributed by atoms with E-state index >= 15 is 0 Å². The van der Waals surface area contributed by atoms with Gasteiger partial charge in [-0.15, -0.1) is 0 Å². The van der Waals surface area contributed by atoms with Gasteiger partial charge in [0.25, 0.3) is 0 Å². The molecule has 0 aromatic heterocycles. The number of nitrogens with zero attached hydrogens (tertiary/aromatic N) is 1. The number of benzene rings is 2. The first kappa shape index (κ1) is 23.2. The van der Waals surface area contributed by atoms with E-state index in [9.17, 15) is 13.6 Å². The first-order valence-electron chi connectivity index (χ1n) is 9.05. The number of amides is 1. The number of alkyl halides is 2. The molecule has 162 valence electrons. The molecule has 30 heavy (non-hydrogen) atoms. The molecule has 0 atom stereocenters. The van der Waals surface area contributed by atoms with Crippen molar-refractivity contribution in [2.24, 2.45) is 4.99 Å². The Balaban J connectivity index is 1.82. The van der Waals surface area contributed by atoms with Crippen molar-refractivity contribution in [2.45, 2.75) is 20.1 Å². The van der Waals surface area contributed by atoms with Crippen molar-refractivity contribution in [1.82, 2.24) is 10.6 Å². The van der Waals surface area contributed by atoms with Gasteiger partial charge in [-0.1, -0.05) is 17.7 Å². The second kappa shape index (κ2) is 11.8. The van der Waals surface area contributed by atoms with Gasteiger partial charge in [0, 0.05) is 42.9 Å². The van der Waals surface area contributed by atoms with E-state index < -0.39 is 6.61 Å². The van der Waals surface area contributed by atoms with E-state index in [1.807, 2.05) is 0 Å². The van der Waals surface area contributed by atoms with Gasteiger partial charge in [0.2, 0.25) is 5.91 Å². The molecule has 0 aliphatic rings. The van der Waals surface area contributed by atoms with Crippen molar-refractivity contribution in [1.29, 1.82) is 0 Å². The molecule has 10 heteroatoms. The molecule has 0 saturated carbocycles. The molecule has 7 nitrogen and oxygen atoms in total. The van der Waals surface area contributed by atoms with Crippen LogP contribution in [0, 0.1) is 0 Å². The summed E-state index contributed by atoms with van der Waals surface area (Å²) in [4.78, 5) is 15.2. The number of guanidine groups is 1. The van der Waals surface area contributed by atoms with E-state index in [0.29, 0.717) is 41.1 Å². The first-order chi connectivity index (χ1) is 14.4. The molecule has 0 fully saturated rings. The highest BCUT2D eigenvalue weighted by Crippen LogP contribution is 2.24. The highest BCUT2D eigenvalue weighted by molar-refractivity contribution is 6.30. The van der Waals surface area contributed by atoms with Crippen LogP contribution >= 0.6 is 11.6 Å². The molecule has 3 N–H and O–H groups in total. The molecule has 0 saturated heterocycles. The third-order valence-corrected chi connectivity index (χ3v) is 3.96. The molecule has 2 aromatic carbocycles. The Morgan fingerprint density at radius 3 is 2.70 bits per heavy atom. The summed E-state index contributed by atoms with van der Waals surface area (Å²) in [5.41, 5.74) is 1.12. The number of anilines is 1. The van der Waals surface area contributed by atoms with Crippen LogP contribution in [0.5, 0.6) is 11.5 Å². The van der Waals surface area contributed by atoms with Crippen LogP contribution in [0.4, 0.5) is 14.5 Å². The summed E-state index contributed by atoms with van der Waals surface area (Å²) >= 11 is 5.95.